The van der Waals surface area contributed by atoms with Gasteiger partial charge in [0, 0.05) is 10.6 Å². The zero-order valence-corrected chi connectivity index (χ0v) is 13.7. The topological polar surface area (TPSA) is 15.6 Å². The molecule has 0 spiro atoms. The van der Waals surface area contributed by atoms with E-state index in [1.54, 1.807) is 18.3 Å². The number of hydrazone groups is 1. The molecule has 0 radical (unpaired) electrons. The molecule has 3 aromatic carbocycles. The van der Waals surface area contributed by atoms with Gasteiger partial charge in [0.15, 0.2) is 0 Å². The second-order valence-corrected chi connectivity index (χ2v) is 5.74. The van der Waals surface area contributed by atoms with Crippen molar-refractivity contribution in [2.45, 2.75) is 0 Å². The summed E-state index contributed by atoms with van der Waals surface area (Å²) in [5.41, 5.74) is 2.76. The van der Waals surface area contributed by atoms with Crippen LogP contribution in [0.4, 0.5) is 11.4 Å². The van der Waals surface area contributed by atoms with Crippen molar-refractivity contribution in [3.63, 3.8) is 0 Å². The summed E-state index contributed by atoms with van der Waals surface area (Å²) >= 11 is 12.1. The molecular weight excluding hydrogens is 327 g/mol. The third-order valence-corrected chi connectivity index (χ3v) is 3.84. The maximum atomic E-state index is 6.21. The van der Waals surface area contributed by atoms with Crippen LogP contribution in [-0.2, 0) is 0 Å². The minimum absolute atomic E-state index is 0.572. The van der Waals surface area contributed by atoms with Gasteiger partial charge in [-0.25, -0.2) is 5.01 Å². The van der Waals surface area contributed by atoms with Gasteiger partial charge in [-0.1, -0.05) is 65.7 Å². The maximum Gasteiger partial charge on any atom is 0.0652 e. The van der Waals surface area contributed by atoms with Gasteiger partial charge in [-0.3, -0.25) is 0 Å². The molecule has 0 unspecified atom stereocenters. The maximum absolute atomic E-state index is 6.21. The molecule has 0 N–H and O–H groups in total. The molecule has 0 aliphatic rings. The number of hydrogen-bond acceptors (Lipinski definition) is 2. The molecule has 3 rings (SSSR count). The number of hydrogen-bond donors (Lipinski definition) is 0. The van der Waals surface area contributed by atoms with E-state index in [4.69, 9.17) is 23.2 Å². The number of halogens is 2. The highest BCUT2D eigenvalue weighted by atomic mass is 35.5. The molecule has 0 aliphatic heterocycles. The third kappa shape index (κ3) is 3.92. The smallest absolute Gasteiger partial charge is 0.0652 e. The summed E-state index contributed by atoms with van der Waals surface area (Å²) in [6.45, 7) is 0. The molecule has 0 saturated carbocycles. The van der Waals surface area contributed by atoms with Gasteiger partial charge >= 0.3 is 0 Å². The first-order chi connectivity index (χ1) is 11.2. The zero-order chi connectivity index (χ0) is 16.1. The Morgan fingerprint density at radius 1 is 0.739 bits per heavy atom. The van der Waals surface area contributed by atoms with Gasteiger partial charge in [0.25, 0.3) is 0 Å². The quantitative estimate of drug-likeness (QED) is 0.409. The number of para-hydroxylation sites is 2. The Morgan fingerprint density at radius 2 is 1.30 bits per heavy atom. The molecule has 0 saturated heterocycles. The summed E-state index contributed by atoms with van der Waals surface area (Å²) in [7, 11) is 0. The summed E-state index contributed by atoms with van der Waals surface area (Å²) in [4.78, 5) is 0. The van der Waals surface area contributed by atoms with E-state index in [1.165, 1.54) is 0 Å². The van der Waals surface area contributed by atoms with Crippen LogP contribution in [0.3, 0.4) is 0 Å². The zero-order valence-electron chi connectivity index (χ0n) is 12.2. The second-order valence-electron chi connectivity index (χ2n) is 4.89. The molecule has 0 aromatic heterocycles. The van der Waals surface area contributed by atoms with Crippen LogP contribution in [0, 0.1) is 0 Å². The first-order valence-electron chi connectivity index (χ1n) is 7.13. The lowest BCUT2D eigenvalue weighted by Crippen LogP contribution is -2.09. The van der Waals surface area contributed by atoms with Crippen molar-refractivity contribution in [2.75, 3.05) is 5.01 Å². The molecule has 0 amide bonds. The van der Waals surface area contributed by atoms with E-state index in [0.29, 0.717) is 10.0 Å². The number of rotatable bonds is 4. The molecule has 0 atom stereocenters. The van der Waals surface area contributed by atoms with E-state index < -0.39 is 0 Å². The molecule has 0 aliphatic carbocycles. The Kier molecular flexibility index (Phi) is 4.96. The van der Waals surface area contributed by atoms with Crippen LogP contribution in [0.5, 0.6) is 0 Å². The van der Waals surface area contributed by atoms with Gasteiger partial charge in [0.05, 0.1) is 22.6 Å². The van der Waals surface area contributed by atoms with Crippen LogP contribution in [0.2, 0.25) is 10.0 Å². The van der Waals surface area contributed by atoms with Crippen LogP contribution >= 0.6 is 23.2 Å². The SMILES string of the molecule is Clc1ccc(C=NN(c2ccccc2)c2ccccc2)c(Cl)c1. The Bertz CT molecular complexity index is 763. The number of anilines is 2. The van der Waals surface area contributed by atoms with Crippen molar-refractivity contribution in [1.82, 2.24) is 0 Å². The van der Waals surface area contributed by atoms with E-state index in [9.17, 15) is 0 Å². The van der Waals surface area contributed by atoms with Gasteiger partial charge in [-0.15, -0.1) is 0 Å². The summed E-state index contributed by atoms with van der Waals surface area (Å²) < 4.78 is 0. The van der Waals surface area contributed by atoms with Gasteiger partial charge in [0.1, 0.15) is 0 Å². The molecule has 3 aromatic rings. The van der Waals surface area contributed by atoms with Crippen molar-refractivity contribution in [3.05, 3.63) is 94.5 Å². The molecule has 4 heteroatoms. The predicted octanol–water partition coefficient (Wildman–Crippen LogP) is 6.17. The molecule has 0 fully saturated rings. The van der Waals surface area contributed by atoms with E-state index in [0.717, 1.165) is 16.9 Å². The summed E-state index contributed by atoms with van der Waals surface area (Å²) in [6, 6.07) is 25.3. The van der Waals surface area contributed by atoms with E-state index >= 15 is 0 Å². The van der Waals surface area contributed by atoms with Crippen molar-refractivity contribution in [1.29, 1.82) is 0 Å². The fraction of sp³-hybridized carbons (Fsp3) is 0. The van der Waals surface area contributed by atoms with E-state index in [2.05, 4.69) is 5.10 Å². The van der Waals surface area contributed by atoms with Gasteiger partial charge < -0.3 is 0 Å². The normalized spacial score (nSPS) is 10.9. The molecular formula is C19H14Cl2N2. The first-order valence-corrected chi connectivity index (χ1v) is 7.89. The van der Waals surface area contributed by atoms with E-state index in [1.807, 2.05) is 71.7 Å². The average Bonchev–Trinajstić information content (AvgIpc) is 2.59. The minimum Gasteiger partial charge on any atom is -0.234 e. The van der Waals surface area contributed by atoms with Crippen LogP contribution in [-0.4, -0.2) is 6.21 Å². The van der Waals surface area contributed by atoms with Gasteiger partial charge in [0.2, 0.25) is 0 Å². The Labute approximate surface area is 145 Å². The van der Waals surface area contributed by atoms with Crippen molar-refractivity contribution >= 4 is 40.8 Å². The predicted molar refractivity (Wildman–Crippen MR) is 99.1 cm³/mol. The highest BCUT2D eigenvalue weighted by Gasteiger charge is 2.07. The van der Waals surface area contributed by atoms with Crippen molar-refractivity contribution in [3.8, 4) is 0 Å². The first kappa shape index (κ1) is 15.6. The Morgan fingerprint density at radius 3 is 1.83 bits per heavy atom. The lowest BCUT2D eigenvalue weighted by Gasteiger charge is -2.19. The highest BCUT2D eigenvalue weighted by molar-refractivity contribution is 6.36. The Balaban J connectivity index is 1.98. The number of nitrogens with zero attached hydrogens (tertiary/aromatic N) is 2. The largest absolute Gasteiger partial charge is 0.234 e. The lowest BCUT2D eigenvalue weighted by atomic mass is 10.2. The fourth-order valence-corrected chi connectivity index (χ4v) is 2.60. The van der Waals surface area contributed by atoms with Gasteiger partial charge in [-0.05, 0) is 36.4 Å². The lowest BCUT2D eigenvalue weighted by molar-refractivity contribution is 1.09. The monoisotopic (exact) mass is 340 g/mol. The summed E-state index contributed by atoms with van der Waals surface area (Å²) in [5, 5.41) is 7.65. The fourth-order valence-electron chi connectivity index (χ4n) is 2.15. The van der Waals surface area contributed by atoms with Gasteiger partial charge in [-0.2, -0.15) is 5.10 Å². The number of benzene rings is 3. The van der Waals surface area contributed by atoms with E-state index in [-0.39, 0.29) is 0 Å². The molecule has 2 nitrogen and oxygen atoms in total. The summed E-state index contributed by atoms with van der Waals surface area (Å²) in [5.74, 6) is 0. The minimum atomic E-state index is 0.572. The van der Waals surface area contributed by atoms with Crippen LogP contribution in [0.25, 0.3) is 0 Å². The van der Waals surface area contributed by atoms with Crippen LogP contribution in [0.15, 0.2) is 84.0 Å². The van der Waals surface area contributed by atoms with Crippen LogP contribution < -0.4 is 5.01 Å². The molecule has 114 valence electrons. The Hall–Kier alpha value is -2.29. The molecule has 23 heavy (non-hydrogen) atoms. The molecule has 0 bridgehead atoms. The average molecular weight is 341 g/mol. The third-order valence-electron chi connectivity index (χ3n) is 3.28. The summed E-state index contributed by atoms with van der Waals surface area (Å²) in [6.07, 6.45) is 1.73. The van der Waals surface area contributed by atoms with Crippen molar-refractivity contribution in [2.24, 2.45) is 5.10 Å². The van der Waals surface area contributed by atoms with Crippen molar-refractivity contribution < 1.29 is 0 Å². The highest BCUT2D eigenvalue weighted by Crippen LogP contribution is 2.26. The second kappa shape index (κ2) is 7.32. The van der Waals surface area contributed by atoms with Crippen LogP contribution in [0.1, 0.15) is 5.56 Å². The molecule has 0 heterocycles. The standard InChI is InChI=1S/C19H14Cl2N2/c20-16-12-11-15(19(21)13-16)14-22-23(17-7-3-1-4-8-17)18-9-5-2-6-10-18/h1-14H.